The molecule has 0 radical (unpaired) electrons. The normalized spacial score (nSPS) is 24.5. The molecular formula is C14H25F3N2O. The first-order valence-electron chi connectivity index (χ1n) is 7.19. The lowest BCUT2D eigenvalue weighted by molar-refractivity contribution is -0.184. The molecule has 2 unspecified atom stereocenters. The van der Waals surface area contributed by atoms with E-state index < -0.39 is 12.1 Å². The Bertz CT molecular complexity index is 323. The Morgan fingerprint density at radius 1 is 1.20 bits per heavy atom. The zero-order chi connectivity index (χ0) is 15.4. The number of alkyl halides is 3. The minimum absolute atomic E-state index is 0.0158. The van der Waals surface area contributed by atoms with E-state index in [1.807, 2.05) is 20.8 Å². The van der Waals surface area contributed by atoms with Crippen LogP contribution in [0, 0.1) is 5.92 Å². The Kier molecular flexibility index (Phi) is 5.86. The number of carbonyl (C=O) groups is 1. The molecule has 1 amide bonds. The summed E-state index contributed by atoms with van der Waals surface area (Å²) in [6, 6.07) is -0.336. The van der Waals surface area contributed by atoms with E-state index in [0.29, 0.717) is 25.8 Å². The van der Waals surface area contributed by atoms with Crippen molar-refractivity contribution in [3.63, 3.8) is 0 Å². The molecule has 0 saturated heterocycles. The predicted molar refractivity (Wildman–Crippen MR) is 72.3 cm³/mol. The number of carbonyl (C=O) groups excluding carboxylic acids is 1. The van der Waals surface area contributed by atoms with Crippen molar-refractivity contribution in [3.8, 4) is 0 Å². The van der Waals surface area contributed by atoms with Crippen LogP contribution in [0.15, 0.2) is 0 Å². The summed E-state index contributed by atoms with van der Waals surface area (Å²) >= 11 is 0. The molecule has 2 atom stereocenters. The van der Waals surface area contributed by atoms with Crippen LogP contribution in [-0.2, 0) is 4.79 Å². The SMILES string of the molecule is CC(C)(C)NCCC(=O)NC1CCCC(C(F)(F)F)C1. The average molecular weight is 294 g/mol. The Labute approximate surface area is 118 Å². The molecule has 20 heavy (non-hydrogen) atoms. The van der Waals surface area contributed by atoms with Crippen LogP contribution in [0.5, 0.6) is 0 Å². The number of hydrogen-bond acceptors (Lipinski definition) is 2. The highest BCUT2D eigenvalue weighted by atomic mass is 19.4. The lowest BCUT2D eigenvalue weighted by Gasteiger charge is -2.31. The molecule has 0 spiro atoms. The van der Waals surface area contributed by atoms with Crippen LogP contribution in [0.3, 0.4) is 0 Å². The monoisotopic (exact) mass is 294 g/mol. The Balaban J connectivity index is 2.31. The van der Waals surface area contributed by atoms with Gasteiger partial charge in [0.1, 0.15) is 0 Å². The van der Waals surface area contributed by atoms with Crippen molar-refractivity contribution in [2.75, 3.05) is 6.54 Å². The number of hydrogen-bond donors (Lipinski definition) is 2. The highest BCUT2D eigenvalue weighted by molar-refractivity contribution is 5.76. The van der Waals surface area contributed by atoms with E-state index in [1.165, 1.54) is 0 Å². The highest BCUT2D eigenvalue weighted by Gasteiger charge is 2.42. The molecule has 0 aromatic heterocycles. The zero-order valence-corrected chi connectivity index (χ0v) is 12.4. The van der Waals surface area contributed by atoms with E-state index in [4.69, 9.17) is 0 Å². The van der Waals surface area contributed by atoms with Crippen molar-refractivity contribution in [1.82, 2.24) is 10.6 Å². The first-order chi connectivity index (χ1) is 9.08. The summed E-state index contributed by atoms with van der Waals surface area (Å²) < 4.78 is 38.0. The first-order valence-corrected chi connectivity index (χ1v) is 7.19. The van der Waals surface area contributed by atoms with Crippen molar-refractivity contribution in [3.05, 3.63) is 0 Å². The molecule has 1 saturated carbocycles. The maximum atomic E-state index is 12.7. The van der Waals surface area contributed by atoms with E-state index in [1.54, 1.807) is 0 Å². The fourth-order valence-electron chi connectivity index (χ4n) is 2.47. The third-order valence-corrected chi connectivity index (χ3v) is 3.51. The van der Waals surface area contributed by atoms with Gasteiger partial charge in [0.05, 0.1) is 5.92 Å². The number of amides is 1. The minimum atomic E-state index is -4.14. The van der Waals surface area contributed by atoms with Crippen LogP contribution >= 0.6 is 0 Å². The van der Waals surface area contributed by atoms with Crippen molar-refractivity contribution in [2.45, 2.75) is 70.6 Å². The predicted octanol–water partition coefficient (Wildman–Crippen LogP) is 3.00. The van der Waals surface area contributed by atoms with Crippen molar-refractivity contribution >= 4 is 5.91 Å². The van der Waals surface area contributed by atoms with Crippen molar-refractivity contribution < 1.29 is 18.0 Å². The molecule has 6 heteroatoms. The van der Waals surface area contributed by atoms with Gasteiger partial charge in [-0.3, -0.25) is 4.79 Å². The van der Waals surface area contributed by atoms with Gasteiger partial charge < -0.3 is 10.6 Å². The lowest BCUT2D eigenvalue weighted by atomic mass is 9.85. The molecule has 1 fully saturated rings. The van der Waals surface area contributed by atoms with Crippen LogP contribution in [0.25, 0.3) is 0 Å². The molecule has 1 aliphatic rings. The fourth-order valence-corrected chi connectivity index (χ4v) is 2.47. The quantitative estimate of drug-likeness (QED) is 0.837. The fraction of sp³-hybridized carbons (Fsp3) is 0.929. The first kappa shape index (κ1) is 17.3. The summed E-state index contributed by atoms with van der Waals surface area (Å²) in [7, 11) is 0. The summed E-state index contributed by atoms with van der Waals surface area (Å²) in [4.78, 5) is 11.7. The summed E-state index contributed by atoms with van der Waals surface area (Å²) in [5.74, 6) is -1.44. The van der Waals surface area contributed by atoms with E-state index in [2.05, 4.69) is 10.6 Å². The molecule has 118 valence electrons. The standard InChI is InChI=1S/C14H25F3N2O/c1-13(2,3)18-8-7-12(20)19-11-6-4-5-10(9-11)14(15,16)17/h10-11,18H,4-9H2,1-3H3,(H,19,20). The topological polar surface area (TPSA) is 41.1 Å². The molecular weight excluding hydrogens is 269 g/mol. The van der Waals surface area contributed by atoms with Crippen LogP contribution in [0.4, 0.5) is 13.2 Å². The molecule has 3 nitrogen and oxygen atoms in total. The third-order valence-electron chi connectivity index (χ3n) is 3.51. The molecule has 0 aromatic rings. The number of nitrogens with one attached hydrogen (secondary N) is 2. The lowest BCUT2D eigenvalue weighted by Crippen LogP contribution is -2.43. The average Bonchev–Trinajstić information content (AvgIpc) is 2.26. The molecule has 1 rings (SSSR count). The smallest absolute Gasteiger partial charge is 0.353 e. The summed E-state index contributed by atoms with van der Waals surface area (Å²) in [6.45, 7) is 6.53. The summed E-state index contributed by atoms with van der Waals surface area (Å²) in [5.41, 5.74) is -0.0630. The Morgan fingerprint density at radius 2 is 1.85 bits per heavy atom. The van der Waals surface area contributed by atoms with Gasteiger partial charge >= 0.3 is 6.18 Å². The van der Waals surface area contributed by atoms with Gasteiger partial charge in [-0.15, -0.1) is 0 Å². The van der Waals surface area contributed by atoms with Crippen LogP contribution in [0.1, 0.15) is 52.9 Å². The Morgan fingerprint density at radius 3 is 2.40 bits per heavy atom. The van der Waals surface area contributed by atoms with Crippen LogP contribution < -0.4 is 10.6 Å². The van der Waals surface area contributed by atoms with Gasteiger partial charge in [0.2, 0.25) is 5.91 Å². The largest absolute Gasteiger partial charge is 0.391 e. The van der Waals surface area contributed by atoms with Crippen molar-refractivity contribution in [1.29, 1.82) is 0 Å². The van der Waals surface area contributed by atoms with Gasteiger partial charge in [-0.2, -0.15) is 13.2 Å². The maximum Gasteiger partial charge on any atom is 0.391 e. The second-order valence-electron chi connectivity index (χ2n) is 6.60. The number of halogens is 3. The summed E-state index contributed by atoms with van der Waals surface area (Å²) in [6.07, 6.45) is -2.48. The minimum Gasteiger partial charge on any atom is -0.353 e. The van der Waals surface area contributed by atoms with Gasteiger partial charge in [0.25, 0.3) is 0 Å². The molecule has 0 bridgehead atoms. The van der Waals surface area contributed by atoms with Crippen LogP contribution in [-0.4, -0.2) is 30.2 Å². The van der Waals surface area contributed by atoms with Crippen LogP contribution in [0.2, 0.25) is 0 Å². The van der Waals surface area contributed by atoms with Gasteiger partial charge in [0.15, 0.2) is 0 Å². The summed E-state index contributed by atoms with van der Waals surface area (Å²) in [5, 5.41) is 5.91. The molecule has 0 heterocycles. The third kappa shape index (κ3) is 6.59. The van der Waals surface area contributed by atoms with E-state index in [-0.39, 0.29) is 30.3 Å². The van der Waals surface area contributed by atoms with Crippen molar-refractivity contribution in [2.24, 2.45) is 5.92 Å². The molecule has 1 aliphatic carbocycles. The molecule has 0 aliphatic heterocycles. The van der Waals surface area contributed by atoms with Gasteiger partial charge in [-0.1, -0.05) is 6.42 Å². The van der Waals surface area contributed by atoms with E-state index in [0.717, 1.165) is 0 Å². The number of rotatable bonds is 4. The second kappa shape index (κ2) is 6.78. The highest BCUT2D eigenvalue weighted by Crippen LogP contribution is 2.37. The molecule has 2 N–H and O–H groups in total. The maximum absolute atomic E-state index is 12.7. The van der Waals surface area contributed by atoms with Gasteiger partial charge in [-0.05, 0) is 40.0 Å². The van der Waals surface area contributed by atoms with Gasteiger partial charge in [0, 0.05) is 24.5 Å². The van der Waals surface area contributed by atoms with E-state index in [9.17, 15) is 18.0 Å². The second-order valence-corrected chi connectivity index (χ2v) is 6.60. The van der Waals surface area contributed by atoms with Gasteiger partial charge in [-0.25, -0.2) is 0 Å². The molecule has 0 aromatic carbocycles. The zero-order valence-electron chi connectivity index (χ0n) is 12.4. The van der Waals surface area contributed by atoms with E-state index >= 15 is 0 Å². The Hall–Kier alpha value is -0.780.